The van der Waals surface area contributed by atoms with E-state index in [1.807, 2.05) is 6.34 Å². The summed E-state index contributed by atoms with van der Waals surface area (Å²) in [6.07, 6.45) is 4.66. The Balaban J connectivity index is 1.90. The van der Waals surface area contributed by atoms with Gasteiger partial charge in [0.1, 0.15) is 0 Å². The standard InChI is InChI=1S/C7H11N4/c1-5-7(6-2-3-6)11(5)4-8-9-10-11/h4-7H,2-3H2,1H3/q+1. The Kier molecular flexibility index (Phi) is 0.809. The zero-order chi connectivity index (χ0) is 7.47. The molecule has 0 amide bonds. The Morgan fingerprint density at radius 2 is 2.27 bits per heavy atom. The maximum Gasteiger partial charge on any atom is 0.240 e. The molecule has 4 heteroatoms. The van der Waals surface area contributed by atoms with Gasteiger partial charge in [-0.05, 0) is 19.8 Å². The average molecular weight is 151 g/mol. The van der Waals surface area contributed by atoms with Gasteiger partial charge in [-0.3, -0.25) is 0 Å². The number of quaternary nitrogens is 1. The molecule has 1 saturated heterocycles. The molecular weight excluding hydrogens is 140 g/mol. The smallest absolute Gasteiger partial charge is 0.118 e. The van der Waals surface area contributed by atoms with Crippen LogP contribution < -0.4 is 0 Å². The van der Waals surface area contributed by atoms with Crippen LogP contribution in [0.3, 0.4) is 0 Å². The van der Waals surface area contributed by atoms with Crippen LogP contribution in [0.5, 0.6) is 0 Å². The quantitative estimate of drug-likeness (QED) is 0.400. The fourth-order valence-electron chi connectivity index (χ4n) is 2.24. The van der Waals surface area contributed by atoms with Gasteiger partial charge < -0.3 is 0 Å². The van der Waals surface area contributed by atoms with Crippen LogP contribution in [0, 0.1) is 5.92 Å². The summed E-state index contributed by atoms with van der Waals surface area (Å²) in [6.45, 7) is 2.24. The summed E-state index contributed by atoms with van der Waals surface area (Å²) in [5.41, 5.74) is 0. The van der Waals surface area contributed by atoms with E-state index in [2.05, 4.69) is 22.5 Å². The van der Waals surface area contributed by atoms with E-state index in [9.17, 15) is 0 Å². The zero-order valence-electron chi connectivity index (χ0n) is 6.51. The molecule has 58 valence electrons. The first-order valence-electron chi connectivity index (χ1n) is 4.19. The summed E-state index contributed by atoms with van der Waals surface area (Å²) in [7, 11) is 0. The van der Waals surface area contributed by atoms with E-state index in [0.717, 1.165) is 5.92 Å². The Labute approximate surface area is 65.2 Å². The van der Waals surface area contributed by atoms with Crippen molar-refractivity contribution < 1.29 is 4.59 Å². The van der Waals surface area contributed by atoms with Crippen molar-refractivity contribution in [2.75, 3.05) is 0 Å². The van der Waals surface area contributed by atoms with E-state index < -0.39 is 0 Å². The minimum Gasteiger partial charge on any atom is -0.118 e. The molecule has 3 aliphatic rings. The predicted octanol–water partition coefficient (Wildman–Crippen LogP) is 1.31. The van der Waals surface area contributed by atoms with E-state index >= 15 is 0 Å². The normalized spacial score (nSPS) is 52.5. The molecule has 11 heavy (non-hydrogen) atoms. The van der Waals surface area contributed by atoms with Gasteiger partial charge in [-0.2, -0.15) is 0 Å². The van der Waals surface area contributed by atoms with Crippen LogP contribution in [0.1, 0.15) is 19.8 Å². The van der Waals surface area contributed by atoms with Gasteiger partial charge in [0.25, 0.3) is 0 Å². The highest BCUT2D eigenvalue weighted by Crippen LogP contribution is 2.53. The predicted molar refractivity (Wildman–Crippen MR) is 39.6 cm³/mol. The fraction of sp³-hybridized carbons (Fsp3) is 0.857. The maximum absolute atomic E-state index is 4.14. The fourth-order valence-corrected chi connectivity index (χ4v) is 2.24. The molecule has 1 aliphatic carbocycles. The molecule has 2 aliphatic heterocycles. The van der Waals surface area contributed by atoms with E-state index in [0.29, 0.717) is 16.7 Å². The van der Waals surface area contributed by atoms with E-state index in [1.165, 1.54) is 12.8 Å². The van der Waals surface area contributed by atoms with Crippen molar-refractivity contribution >= 4 is 6.34 Å². The minimum absolute atomic E-state index is 0.637. The van der Waals surface area contributed by atoms with Crippen molar-refractivity contribution in [3.63, 3.8) is 0 Å². The molecule has 0 bridgehead atoms. The molecule has 0 N–H and O–H groups in total. The summed E-state index contributed by atoms with van der Waals surface area (Å²) in [5, 5.41) is 11.6. The van der Waals surface area contributed by atoms with Crippen molar-refractivity contribution in [2.45, 2.75) is 31.8 Å². The Morgan fingerprint density at radius 3 is 2.82 bits per heavy atom. The second-order valence-electron chi connectivity index (χ2n) is 3.77. The maximum atomic E-state index is 4.14. The van der Waals surface area contributed by atoms with E-state index in [-0.39, 0.29) is 0 Å². The van der Waals surface area contributed by atoms with Gasteiger partial charge in [-0.1, -0.05) is 5.10 Å². The van der Waals surface area contributed by atoms with Crippen LogP contribution in [0.25, 0.3) is 0 Å². The first-order valence-corrected chi connectivity index (χ1v) is 4.19. The summed E-state index contributed by atoms with van der Waals surface area (Å²) >= 11 is 0. The summed E-state index contributed by atoms with van der Waals surface area (Å²) in [4.78, 5) is 0. The molecule has 2 heterocycles. The van der Waals surface area contributed by atoms with Crippen LogP contribution in [0.15, 0.2) is 15.5 Å². The summed E-state index contributed by atoms with van der Waals surface area (Å²) < 4.78 is 0.713. The monoisotopic (exact) mass is 151 g/mol. The van der Waals surface area contributed by atoms with Gasteiger partial charge in [0.2, 0.25) is 6.34 Å². The molecule has 2 fully saturated rings. The summed E-state index contributed by atoms with van der Waals surface area (Å²) in [5.74, 6) is 0.911. The van der Waals surface area contributed by atoms with Crippen molar-refractivity contribution in [3.05, 3.63) is 0 Å². The second-order valence-corrected chi connectivity index (χ2v) is 3.77. The molecule has 3 unspecified atom stereocenters. The Morgan fingerprint density at radius 1 is 1.45 bits per heavy atom. The molecule has 1 saturated carbocycles. The van der Waals surface area contributed by atoms with Crippen LogP contribution in [-0.2, 0) is 0 Å². The van der Waals surface area contributed by atoms with Gasteiger partial charge in [0.15, 0.2) is 12.1 Å². The van der Waals surface area contributed by atoms with Gasteiger partial charge in [-0.25, -0.2) is 0 Å². The highest BCUT2D eigenvalue weighted by atomic mass is 15.9. The summed E-state index contributed by atoms with van der Waals surface area (Å²) in [6, 6.07) is 1.35. The third-order valence-electron chi connectivity index (χ3n) is 3.12. The molecule has 3 rings (SSSR count). The molecule has 3 atom stereocenters. The van der Waals surface area contributed by atoms with Crippen LogP contribution in [0.2, 0.25) is 0 Å². The largest absolute Gasteiger partial charge is 0.240 e. The number of rotatable bonds is 1. The molecule has 0 aromatic heterocycles. The topological polar surface area (TPSA) is 37.1 Å². The third-order valence-corrected chi connectivity index (χ3v) is 3.12. The Bertz CT molecular complexity index is 241. The van der Waals surface area contributed by atoms with E-state index in [1.54, 1.807) is 0 Å². The third kappa shape index (κ3) is 0.565. The first-order chi connectivity index (χ1) is 5.34. The van der Waals surface area contributed by atoms with Crippen LogP contribution in [-0.4, -0.2) is 23.0 Å². The number of nitrogens with zero attached hydrogens (tertiary/aromatic N) is 4. The minimum atomic E-state index is 0.637. The molecule has 0 aromatic rings. The van der Waals surface area contributed by atoms with Gasteiger partial charge in [-0.15, -0.1) is 4.59 Å². The SMILES string of the molecule is CC1C(C2CC2)[N+]12C=NN=N2. The van der Waals surface area contributed by atoms with Gasteiger partial charge in [0.05, 0.1) is 5.22 Å². The lowest BCUT2D eigenvalue weighted by Gasteiger charge is -1.96. The van der Waals surface area contributed by atoms with E-state index in [4.69, 9.17) is 0 Å². The number of hydrogen-bond acceptors (Lipinski definition) is 3. The zero-order valence-corrected chi connectivity index (χ0v) is 6.51. The first kappa shape index (κ1) is 5.83. The van der Waals surface area contributed by atoms with Gasteiger partial charge >= 0.3 is 0 Å². The molecule has 0 radical (unpaired) electrons. The van der Waals surface area contributed by atoms with Crippen LogP contribution in [0.4, 0.5) is 0 Å². The van der Waals surface area contributed by atoms with Crippen molar-refractivity contribution in [1.82, 2.24) is 0 Å². The number of hydrogen-bond donors (Lipinski definition) is 0. The lowest BCUT2D eigenvalue weighted by Crippen LogP contribution is -2.18. The second kappa shape index (κ2) is 1.53. The lowest BCUT2D eigenvalue weighted by atomic mass is 10.2. The highest BCUT2D eigenvalue weighted by Gasteiger charge is 2.72. The van der Waals surface area contributed by atoms with Crippen molar-refractivity contribution in [2.24, 2.45) is 21.5 Å². The Hall–Kier alpha value is -0.770. The molecular formula is C7H11N4+. The highest BCUT2D eigenvalue weighted by molar-refractivity contribution is 5.50. The molecule has 0 aromatic carbocycles. The van der Waals surface area contributed by atoms with Crippen molar-refractivity contribution in [3.8, 4) is 0 Å². The average Bonchev–Trinajstić information content (AvgIpc) is 2.78. The van der Waals surface area contributed by atoms with Crippen LogP contribution >= 0.6 is 0 Å². The molecule has 4 nitrogen and oxygen atoms in total. The molecule has 1 spiro atoms. The van der Waals surface area contributed by atoms with Crippen molar-refractivity contribution in [1.29, 1.82) is 0 Å². The van der Waals surface area contributed by atoms with Gasteiger partial charge in [0, 0.05) is 11.1 Å². The lowest BCUT2D eigenvalue weighted by molar-refractivity contribution is -0.732.